The van der Waals surface area contributed by atoms with Crippen LogP contribution in [0.1, 0.15) is 10.4 Å². The molecule has 0 saturated carbocycles. The largest absolute Gasteiger partial charge is 0.459 e. The molecule has 104 valence electrons. The molecule has 0 aromatic heterocycles. The summed E-state index contributed by atoms with van der Waals surface area (Å²) in [4.78, 5) is 11.7. The van der Waals surface area contributed by atoms with Crippen molar-refractivity contribution in [3.05, 3.63) is 35.9 Å². The highest BCUT2D eigenvalue weighted by molar-refractivity contribution is 5.89. The Morgan fingerprint density at radius 3 is 2.58 bits per heavy atom. The van der Waals surface area contributed by atoms with Crippen molar-refractivity contribution in [3.63, 3.8) is 0 Å². The first kappa shape index (κ1) is 14.0. The van der Waals surface area contributed by atoms with Gasteiger partial charge < -0.3 is 24.4 Å². The van der Waals surface area contributed by atoms with Crippen LogP contribution in [0.25, 0.3) is 0 Å². The highest BCUT2D eigenvalue weighted by atomic mass is 16.7. The van der Waals surface area contributed by atoms with E-state index in [-0.39, 0.29) is 6.61 Å². The molecular weight excluding hydrogens is 252 g/mol. The molecule has 0 aliphatic carbocycles. The molecular formula is C13H16O6. The SMILES string of the molecule is CO[C@H]1C(O)[C@@H](COC(=O)c2ccccc2)O[C@@H]1O. The van der Waals surface area contributed by atoms with Crippen molar-refractivity contribution >= 4 is 5.97 Å². The molecule has 19 heavy (non-hydrogen) atoms. The van der Waals surface area contributed by atoms with Crippen molar-refractivity contribution in [2.75, 3.05) is 13.7 Å². The van der Waals surface area contributed by atoms with Crippen LogP contribution in [0.3, 0.4) is 0 Å². The Balaban J connectivity index is 1.88. The van der Waals surface area contributed by atoms with Crippen LogP contribution in [0, 0.1) is 0 Å². The van der Waals surface area contributed by atoms with E-state index in [0.717, 1.165) is 0 Å². The van der Waals surface area contributed by atoms with Crippen molar-refractivity contribution in [2.24, 2.45) is 0 Å². The Morgan fingerprint density at radius 1 is 1.32 bits per heavy atom. The van der Waals surface area contributed by atoms with Crippen LogP contribution in [-0.2, 0) is 14.2 Å². The standard InChI is InChI=1S/C13H16O6/c1-17-11-10(14)9(19-13(11)16)7-18-12(15)8-5-3-2-4-6-8/h2-6,9-11,13-14,16H,7H2,1H3/t9-,10?,11+,13+/m1/s1. The van der Waals surface area contributed by atoms with Gasteiger partial charge in [0.1, 0.15) is 24.9 Å². The normalized spacial score (nSPS) is 30.3. The first-order valence-corrected chi connectivity index (χ1v) is 5.90. The lowest BCUT2D eigenvalue weighted by atomic mass is 10.1. The van der Waals surface area contributed by atoms with E-state index in [1.165, 1.54) is 7.11 Å². The van der Waals surface area contributed by atoms with Gasteiger partial charge in [-0.15, -0.1) is 0 Å². The topological polar surface area (TPSA) is 85.2 Å². The summed E-state index contributed by atoms with van der Waals surface area (Å²) in [5.74, 6) is -0.508. The minimum absolute atomic E-state index is 0.147. The lowest BCUT2D eigenvalue weighted by Gasteiger charge is -2.16. The molecule has 0 spiro atoms. The zero-order valence-corrected chi connectivity index (χ0v) is 10.4. The Bertz CT molecular complexity index is 420. The molecule has 0 amide bonds. The molecule has 4 atom stereocenters. The van der Waals surface area contributed by atoms with E-state index in [4.69, 9.17) is 14.2 Å². The number of benzene rings is 1. The maximum absolute atomic E-state index is 11.7. The summed E-state index contributed by atoms with van der Waals surface area (Å²) in [6.07, 6.45) is -3.89. The average molecular weight is 268 g/mol. The molecule has 1 aliphatic rings. The van der Waals surface area contributed by atoms with E-state index in [9.17, 15) is 15.0 Å². The number of hydrogen-bond donors (Lipinski definition) is 2. The van der Waals surface area contributed by atoms with Crippen molar-refractivity contribution < 1.29 is 29.2 Å². The summed E-state index contributed by atoms with van der Waals surface area (Å²) in [7, 11) is 1.36. The van der Waals surface area contributed by atoms with Gasteiger partial charge in [-0.1, -0.05) is 18.2 Å². The van der Waals surface area contributed by atoms with Crippen molar-refractivity contribution in [2.45, 2.75) is 24.6 Å². The number of carbonyl (C=O) groups is 1. The number of rotatable bonds is 4. The molecule has 0 radical (unpaired) electrons. The Labute approximate surface area is 110 Å². The van der Waals surface area contributed by atoms with E-state index in [2.05, 4.69) is 0 Å². The first-order valence-electron chi connectivity index (χ1n) is 5.90. The van der Waals surface area contributed by atoms with Gasteiger partial charge in [0.15, 0.2) is 6.29 Å². The molecule has 6 nitrogen and oxygen atoms in total. The van der Waals surface area contributed by atoms with Crippen LogP contribution in [0.5, 0.6) is 0 Å². The van der Waals surface area contributed by atoms with Crippen LogP contribution in [-0.4, -0.2) is 54.5 Å². The minimum atomic E-state index is -1.22. The number of aliphatic hydroxyl groups excluding tert-OH is 2. The molecule has 1 unspecified atom stereocenters. The molecule has 1 fully saturated rings. The van der Waals surface area contributed by atoms with E-state index in [1.54, 1.807) is 30.3 Å². The zero-order valence-electron chi connectivity index (χ0n) is 10.4. The van der Waals surface area contributed by atoms with Gasteiger partial charge in [-0.05, 0) is 12.1 Å². The fraction of sp³-hybridized carbons (Fsp3) is 0.462. The summed E-state index contributed by atoms with van der Waals surface area (Å²) in [6, 6.07) is 8.49. The van der Waals surface area contributed by atoms with Gasteiger partial charge in [0, 0.05) is 7.11 Å². The van der Waals surface area contributed by atoms with E-state index >= 15 is 0 Å². The predicted octanol–water partition coefficient (Wildman–Crippen LogP) is -0.0635. The molecule has 1 aromatic rings. The predicted molar refractivity (Wildman–Crippen MR) is 64.4 cm³/mol. The maximum atomic E-state index is 11.7. The third-order valence-electron chi connectivity index (χ3n) is 2.97. The van der Waals surface area contributed by atoms with Crippen molar-refractivity contribution in [3.8, 4) is 0 Å². The van der Waals surface area contributed by atoms with Gasteiger partial charge in [0.05, 0.1) is 5.56 Å². The monoisotopic (exact) mass is 268 g/mol. The van der Waals surface area contributed by atoms with Gasteiger partial charge in [0.25, 0.3) is 0 Å². The van der Waals surface area contributed by atoms with Crippen LogP contribution < -0.4 is 0 Å². The highest BCUT2D eigenvalue weighted by Crippen LogP contribution is 2.22. The van der Waals surface area contributed by atoms with Crippen LogP contribution in [0.4, 0.5) is 0 Å². The van der Waals surface area contributed by atoms with Crippen molar-refractivity contribution in [1.82, 2.24) is 0 Å². The third kappa shape index (κ3) is 3.10. The number of carbonyl (C=O) groups excluding carboxylic acids is 1. The highest BCUT2D eigenvalue weighted by Gasteiger charge is 2.43. The van der Waals surface area contributed by atoms with Crippen LogP contribution in [0.2, 0.25) is 0 Å². The van der Waals surface area contributed by atoms with E-state index in [0.29, 0.717) is 5.56 Å². The van der Waals surface area contributed by atoms with Gasteiger partial charge >= 0.3 is 5.97 Å². The fourth-order valence-corrected chi connectivity index (χ4v) is 1.93. The molecule has 2 rings (SSSR count). The lowest BCUT2D eigenvalue weighted by Crippen LogP contribution is -2.36. The molecule has 1 aromatic carbocycles. The maximum Gasteiger partial charge on any atom is 0.338 e. The third-order valence-corrected chi connectivity index (χ3v) is 2.97. The van der Waals surface area contributed by atoms with Gasteiger partial charge in [-0.2, -0.15) is 0 Å². The Morgan fingerprint density at radius 2 is 2.00 bits per heavy atom. The number of esters is 1. The Hall–Kier alpha value is -1.47. The summed E-state index contributed by atoms with van der Waals surface area (Å²) in [5, 5.41) is 19.3. The van der Waals surface area contributed by atoms with Gasteiger partial charge in [0.2, 0.25) is 0 Å². The second kappa shape index (κ2) is 6.12. The van der Waals surface area contributed by atoms with Gasteiger partial charge in [-0.25, -0.2) is 4.79 Å². The van der Waals surface area contributed by atoms with Crippen LogP contribution >= 0.6 is 0 Å². The zero-order chi connectivity index (χ0) is 13.8. The number of ether oxygens (including phenoxy) is 3. The number of hydrogen-bond acceptors (Lipinski definition) is 6. The average Bonchev–Trinajstić information content (AvgIpc) is 2.71. The minimum Gasteiger partial charge on any atom is -0.459 e. The number of aliphatic hydroxyl groups is 2. The van der Waals surface area contributed by atoms with Crippen LogP contribution in [0.15, 0.2) is 30.3 Å². The molecule has 1 aliphatic heterocycles. The molecule has 1 saturated heterocycles. The van der Waals surface area contributed by atoms with Crippen molar-refractivity contribution in [1.29, 1.82) is 0 Å². The molecule has 0 bridgehead atoms. The second-order valence-corrected chi connectivity index (χ2v) is 4.22. The first-order chi connectivity index (χ1) is 9.13. The molecule has 6 heteroatoms. The fourth-order valence-electron chi connectivity index (χ4n) is 1.93. The lowest BCUT2D eigenvalue weighted by molar-refractivity contribution is -0.140. The Kier molecular flexibility index (Phi) is 4.49. The summed E-state index contributed by atoms with van der Waals surface area (Å²) in [5.41, 5.74) is 0.416. The molecule has 2 N–H and O–H groups in total. The number of methoxy groups -OCH3 is 1. The summed E-state index contributed by atoms with van der Waals surface area (Å²) >= 11 is 0. The quantitative estimate of drug-likeness (QED) is 0.744. The molecule has 1 heterocycles. The smallest absolute Gasteiger partial charge is 0.338 e. The second-order valence-electron chi connectivity index (χ2n) is 4.22. The van der Waals surface area contributed by atoms with E-state index in [1.807, 2.05) is 0 Å². The summed E-state index contributed by atoms with van der Waals surface area (Å²) in [6.45, 7) is -0.147. The van der Waals surface area contributed by atoms with Gasteiger partial charge in [-0.3, -0.25) is 0 Å². The summed E-state index contributed by atoms with van der Waals surface area (Å²) < 4.78 is 15.0. The van der Waals surface area contributed by atoms with E-state index < -0.39 is 30.6 Å².